The van der Waals surface area contributed by atoms with Gasteiger partial charge in [0.1, 0.15) is 22.8 Å². The molecule has 8 nitrogen and oxygen atoms in total. The molecule has 0 fully saturated rings. The number of ketones is 1. The van der Waals surface area contributed by atoms with Gasteiger partial charge in [-0.2, -0.15) is 0 Å². The Balaban J connectivity index is 2.25. The first-order valence-electron chi connectivity index (χ1n) is 8.74. The van der Waals surface area contributed by atoms with Gasteiger partial charge in [0.25, 0.3) is 0 Å². The number of halogens is 1. The molecule has 30 heavy (non-hydrogen) atoms. The van der Waals surface area contributed by atoms with Crippen LogP contribution in [0.3, 0.4) is 0 Å². The van der Waals surface area contributed by atoms with Crippen LogP contribution in [0.5, 0.6) is 23.0 Å². The van der Waals surface area contributed by atoms with Crippen molar-refractivity contribution in [2.45, 2.75) is 0 Å². The van der Waals surface area contributed by atoms with Gasteiger partial charge in [-0.3, -0.25) is 4.79 Å². The molecule has 0 amide bonds. The van der Waals surface area contributed by atoms with Crippen LogP contribution in [0.1, 0.15) is 15.9 Å². The van der Waals surface area contributed by atoms with Crippen LogP contribution >= 0.6 is 0 Å². The number of methoxy groups -OCH3 is 3. The predicted molar refractivity (Wildman–Crippen MR) is 105 cm³/mol. The van der Waals surface area contributed by atoms with Crippen LogP contribution in [-0.2, 0) is 14.2 Å². The highest BCUT2D eigenvalue weighted by atomic mass is 19.1. The van der Waals surface area contributed by atoms with Gasteiger partial charge in [0, 0.05) is 33.5 Å². The molecular weight excluding hydrogens is 399 g/mol. The van der Waals surface area contributed by atoms with E-state index in [0.29, 0.717) is 5.56 Å². The maximum absolute atomic E-state index is 14.0. The third-order valence-corrected chi connectivity index (χ3v) is 3.69. The number of phenolic OH excluding ortho intramolecular Hbond substituents is 1. The van der Waals surface area contributed by atoms with Gasteiger partial charge in [0.05, 0.1) is 0 Å². The van der Waals surface area contributed by atoms with Crippen molar-refractivity contribution < 1.29 is 42.7 Å². The Morgan fingerprint density at radius 3 is 2.20 bits per heavy atom. The summed E-state index contributed by atoms with van der Waals surface area (Å²) in [6.07, 6.45) is 2.59. The molecule has 0 aliphatic rings. The maximum atomic E-state index is 14.0. The van der Waals surface area contributed by atoms with E-state index in [2.05, 4.69) is 0 Å². The number of carbonyl (C=O) groups is 1. The number of carbonyl (C=O) groups excluding carboxylic acids is 1. The molecule has 0 aliphatic heterocycles. The van der Waals surface area contributed by atoms with E-state index < -0.39 is 11.6 Å². The van der Waals surface area contributed by atoms with Crippen LogP contribution in [0.25, 0.3) is 6.08 Å². The molecule has 2 rings (SSSR count). The second-order valence-electron chi connectivity index (χ2n) is 5.86. The van der Waals surface area contributed by atoms with E-state index in [-0.39, 0.29) is 48.9 Å². The summed E-state index contributed by atoms with van der Waals surface area (Å²) >= 11 is 0. The average molecular weight is 422 g/mol. The number of rotatable bonds is 12. The smallest absolute Gasteiger partial charge is 0.193 e. The van der Waals surface area contributed by atoms with Crippen LogP contribution in [0.15, 0.2) is 36.4 Å². The largest absolute Gasteiger partial charge is 0.507 e. The van der Waals surface area contributed by atoms with Crippen LogP contribution in [0.4, 0.5) is 4.39 Å². The molecule has 2 aromatic rings. The Labute approximate surface area is 173 Å². The van der Waals surface area contributed by atoms with Gasteiger partial charge in [-0.05, 0) is 23.8 Å². The lowest BCUT2D eigenvalue weighted by molar-refractivity contribution is 0.0453. The SMILES string of the molecule is COCOc1cc(O)c(C(=O)C=Cc2ccc(OCOC)c(F)c2)c(OCOC)c1. The lowest BCUT2D eigenvalue weighted by atomic mass is 10.1. The molecule has 162 valence electrons. The Morgan fingerprint density at radius 1 is 0.933 bits per heavy atom. The number of ether oxygens (including phenoxy) is 6. The third-order valence-electron chi connectivity index (χ3n) is 3.69. The first-order chi connectivity index (χ1) is 14.5. The minimum atomic E-state index is -0.603. The standard InChI is InChI=1S/C21H23FO8/c1-25-11-28-15-9-18(24)21(20(10-15)30-13-27-3)17(23)6-4-14-5-7-19(16(22)8-14)29-12-26-2/h4-10,24H,11-13H2,1-3H3. The lowest BCUT2D eigenvalue weighted by Gasteiger charge is -2.13. The number of allylic oxidation sites excluding steroid dienone is 1. The fourth-order valence-electron chi connectivity index (χ4n) is 2.39. The normalized spacial score (nSPS) is 10.9. The average Bonchev–Trinajstić information content (AvgIpc) is 2.73. The van der Waals surface area contributed by atoms with Gasteiger partial charge >= 0.3 is 0 Å². The summed E-state index contributed by atoms with van der Waals surface area (Å²) in [5.74, 6) is -1.18. The third kappa shape index (κ3) is 6.45. The monoisotopic (exact) mass is 422 g/mol. The van der Waals surface area contributed by atoms with E-state index in [9.17, 15) is 14.3 Å². The molecule has 2 aromatic carbocycles. The summed E-state index contributed by atoms with van der Waals surface area (Å²) < 4.78 is 44.2. The van der Waals surface area contributed by atoms with E-state index in [1.54, 1.807) is 6.07 Å². The van der Waals surface area contributed by atoms with Crippen molar-refractivity contribution >= 4 is 11.9 Å². The van der Waals surface area contributed by atoms with E-state index in [1.807, 2.05) is 0 Å². The zero-order chi connectivity index (χ0) is 21.9. The minimum Gasteiger partial charge on any atom is -0.507 e. The topological polar surface area (TPSA) is 92.7 Å². The minimum absolute atomic E-state index is 0.0277. The van der Waals surface area contributed by atoms with Gasteiger partial charge in [0.2, 0.25) is 0 Å². The quantitative estimate of drug-likeness (QED) is 0.316. The molecule has 0 unspecified atom stereocenters. The number of hydrogen-bond acceptors (Lipinski definition) is 8. The van der Waals surface area contributed by atoms with Crippen LogP contribution < -0.4 is 14.2 Å². The fraction of sp³-hybridized carbons (Fsp3) is 0.286. The Hall–Kier alpha value is -3.14. The Kier molecular flexibility index (Phi) is 9.07. The molecule has 0 heterocycles. The first kappa shape index (κ1) is 23.1. The number of benzene rings is 2. The number of aromatic hydroxyl groups is 1. The van der Waals surface area contributed by atoms with Crippen LogP contribution in [-0.4, -0.2) is 52.6 Å². The zero-order valence-electron chi connectivity index (χ0n) is 16.8. The summed E-state index contributed by atoms with van der Waals surface area (Å²) in [6, 6.07) is 6.90. The molecule has 0 bridgehead atoms. The maximum Gasteiger partial charge on any atom is 0.193 e. The van der Waals surface area contributed by atoms with E-state index >= 15 is 0 Å². The Bertz CT molecular complexity index is 882. The van der Waals surface area contributed by atoms with E-state index in [4.69, 9.17) is 28.4 Å². The molecule has 0 atom stereocenters. The highest BCUT2D eigenvalue weighted by molar-refractivity contribution is 6.10. The molecule has 0 aromatic heterocycles. The summed E-state index contributed by atoms with van der Waals surface area (Å²) in [7, 11) is 4.29. The summed E-state index contributed by atoms with van der Waals surface area (Å²) in [6.45, 7) is -0.282. The lowest BCUT2D eigenvalue weighted by Crippen LogP contribution is -2.07. The van der Waals surface area contributed by atoms with Crippen molar-refractivity contribution in [2.24, 2.45) is 0 Å². The highest BCUT2D eigenvalue weighted by Gasteiger charge is 2.18. The van der Waals surface area contributed by atoms with Crippen molar-refractivity contribution in [3.05, 3.63) is 53.4 Å². The second-order valence-corrected chi connectivity index (χ2v) is 5.86. The van der Waals surface area contributed by atoms with Gasteiger partial charge in [-0.15, -0.1) is 0 Å². The van der Waals surface area contributed by atoms with Crippen LogP contribution in [0.2, 0.25) is 0 Å². The molecular formula is C21H23FO8. The second kappa shape index (κ2) is 11.8. The molecule has 0 radical (unpaired) electrons. The van der Waals surface area contributed by atoms with Crippen molar-refractivity contribution in [1.82, 2.24) is 0 Å². The molecule has 9 heteroatoms. The van der Waals surface area contributed by atoms with Crippen LogP contribution in [0, 0.1) is 5.82 Å². The van der Waals surface area contributed by atoms with Gasteiger partial charge in [0.15, 0.2) is 37.7 Å². The van der Waals surface area contributed by atoms with Gasteiger partial charge < -0.3 is 33.5 Å². The number of hydrogen-bond donors (Lipinski definition) is 1. The van der Waals surface area contributed by atoms with Crippen molar-refractivity contribution in [1.29, 1.82) is 0 Å². The molecule has 0 aliphatic carbocycles. The Morgan fingerprint density at radius 2 is 1.57 bits per heavy atom. The van der Waals surface area contributed by atoms with Gasteiger partial charge in [-0.25, -0.2) is 4.39 Å². The van der Waals surface area contributed by atoms with E-state index in [1.165, 1.54) is 57.7 Å². The highest BCUT2D eigenvalue weighted by Crippen LogP contribution is 2.34. The van der Waals surface area contributed by atoms with Crippen molar-refractivity contribution in [2.75, 3.05) is 41.7 Å². The predicted octanol–water partition coefficient (Wildman–Crippen LogP) is 3.38. The van der Waals surface area contributed by atoms with Crippen molar-refractivity contribution in [3.8, 4) is 23.0 Å². The summed E-state index contributed by atoms with van der Waals surface area (Å²) in [4.78, 5) is 12.7. The molecule has 0 saturated heterocycles. The van der Waals surface area contributed by atoms with Gasteiger partial charge in [-0.1, -0.05) is 12.1 Å². The number of phenols is 1. The zero-order valence-corrected chi connectivity index (χ0v) is 16.8. The molecule has 0 saturated carbocycles. The molecule has 1 N–H and O–H groups in total. The summed E-state index contributed by atoms with van der Waals surface area (Å²) in [5, 5.41) is 10.3. The molecule has 0 spiro atoms. The summed E-state index contributed by atoms with van der Waals surface area (Å²) in [5.41, 5.74) is 0.332. The first-order valence-corrected chi connectivity index (χ1v) is 8.74. The fourth-order valence-corrected chi connectivity index (χ4v) is 2.39. The van der Waals surface area contributed by atoms with E-state index in [0.717, 1.165) is 0 Å². The van der Waals surface area contributed by atoms with Crippen molar-refractivity contribution in [3.63, 3.8) is 0 Å².